The topological polar surface area (TPSA) is 58.6 Å². The predicted molar refractivity (Wildman–Crippen MR) is 106 cm³/mol. The molecule has 0 spiro atoms. The van der Waals surface area contributed by atoms with Gasteiger partial charge in [0.25, 0.3) is 0 Å². The Morgan fingerprint density at radius 3 is 2.65 bits per heavy atom. The van der Waals surface area contributed by atoms with Gasteiger partial charge in [0, 0.05) is 22.3 Å². The quantitative estimate of drug-likeness (QED) is 0.380. The molecule has 6 heteroatoms. The lowest BCUT2D eigenvalue weighted by Gasteiger charge is -2.06. The molecule has 0 aliphatic carbocycles. The molecule has 0 saturated heterocycles. The fraction of sp³-hybridized carbons (Fsp3) is 0.0500. The number of nitrogens with one attached hydrogen (secondary N) is 1. The van der Waals surface area contributed by atoms with Crippen molar-refractivity contribution in [3.05, 3.63) is 77.4 Å². The van der Waals surface area contributed by atoms with Gasteiger partial charge in [-0.1, -0.05) is 35.5 Å². The minimum absolute atomic E-state index is 0.0351. The molecule has 0 amide bonds. The number of hydrogen-bond donors (Lipinski definition) is 1. The normalized spacial score (nSPS) is 11.0. The number of pyridine rings is 1. The number of fused-ring (bicyclic) bond motifs is 1. The maximum Gasteiger partial charge on any atom is 0.173 e. The number of Topliss-reactive ketones (excluding diaryl/α,β-unsaturated/α-hetero) is 1. The molecule has 128 valence electrons. The smallest absolute Gasteiger partial charge is 0.173 e. The fourth-order valence-electron chi connectivity index (χ4n) is 2.62. The largest absolute Gasteiger partial charge is 0.338 e. The summed E-state index contributed by atoms with van der Waals surface area (Å²) in [6.45, 7) is 0. The van der Waals surface area contributed by atoms with E-state index in [0.29, 0.717) is 16.3 Å². The van der Waals surface area contributed by atoms with Crippen LogP contribution >= 0.6 is 23.4 Å². The SMILES string of the molecule is O=C(CSc1ncccc1-c1nc2ccccc2[nH]1)c1ccc(Cl)cc1. The van der Waals surface area contributed by atoms with Crippen LogP contribution in [0.2, 0.25) is 5.02 Å². The first-order chi connectivity index (χ1) is 12.7. The van der Waals surface area contributed by atoms with Gasteiger partial charge >= 0.3 is 0 Å². The Balaban J connectivity index is 1.58. The van der Waals surface area contributed by atoms with Crippen LogP contribution in [0.25, 0.3) is 22.4 Å². The van der Waals surface area contributed by atoms with Crippen molar-refractivity contribution in [2.24, 2.45) is 0 Å². The number of hydrogen-bond acceptors (Lipinski definition) is 4. The zero-order valence-electron chi connectivity index (χ0n) is 13.6. The average Bonchev–Trinajstić information content (AvgIpc) is 3.11. The highest BCUT2D eigenvalue weighted by Crippen LogP contribution is 2.29. The van der Waals surface area contributed by atoms with Crippen LogP contribution in [-0.2, 0) is 0 Å². The zero-order chi connectivity index (χ0) is 17.9. The monoisotopic (exact) mass is 379 g/mol. The number of ketones is 1. The fourth-order valence-corrected chi connectivity index (χ4v) is 3.64. The first-order valence-electron chi connectivity index (χ1n) is 8.02. The molecule has 0 saturated carbocycles. The number of imidazole rings is 1. The molecule has 1 N–H and O–H groups in total. The van der Waals surface area contributed by atoms with Crippen molar-refractivity contribution in [3.8, 4) is 11.4 Å². The van der Waals surface area contributed by atoms with E-state index in [4.69, 9.17) is 11.6 Å². The van der Waals surface area contributed by atoms with Crippen molar-refractivity contribution < 1.29 is 4.79 Å². The number of benzene rings is 2. The molecular formula is C20H14ClN3OS. The van der Waals surface area contributed by atoms with Crippen molar-refractivity contribution in [2.45, 2.75) is 5.03 Å². The minimum Gasteiger partial charge on any atom is -0.338 e. The summed E-state index contributed by atoms with van der Waals surface area (Å²) >= 11 is 7.28. The molecule has 0 radical (unpaired) electrons. The van der Waals surface area contributed by atoms with Gasteiger partial charge in [-0.3, -0.25) is 4.79 Å². The Bertz CT molecular complexity index is 1040. The highest BCUT2D eigenvalue weighted by Gasteiger charge is 2.13. The zero-order valence-corrected chi connectivity index (χ0v) is 15.2. The average molecular weight is 380 g/mol. The Morgan fingerprint density at radius 2 is 1.85 bits per heavy atom. The van der Waals surface area contributed by atoms with Crippen molar-refractivity contribution in [1.29, 1.82) is 0 Å². The van der Waals surface area contributed by atoms with Crippen LogP contribution in [-0.4, -0.2) is 26.5 Å². The third kappa shape index (κ3) is 3.49. The molecular weight excluding hydrogens is 366 g/mol. The summed E-state index contributed by atoms with van der Waals surface area (Å²) in [5.41, 5.74) is 3.40. The molecule has 0 aliphatic rings. The van der Waals surface area contributed by atoms with Gasteiger partial charge in [0.05, 0.1) is 16.8 Å². The van der Waals surface area contributed by atoms with Crippen molar-refractivity contribution in [1.82, 2.24) is 15.0 Å². The van der Waals surface area contributed by atoms with E-state index in [9.17, 15) is 4.79 Å². The van der Waals surface area contributed by atoms with E-state index in [2.05, 4.69) is 15.0 Å². The van der Waals surface area contributed by atoms with Crippen LogP contribution in [0, 0.1) is 0 Å². The van der Waals surface area contributed by atoms with Crippen LogP contribution in [0.4, 0.5) is 0 Å². The van der Waals surface area contributed by atoms with Crippen molar-refractivity contribution >= 4 is 40.2 Å². The Labute approximate surface area is 159 Å². The van der Waals surface area contributed by atoms with E-state index < -0.39 is 0 Å². The van der Waals surface area contributed by atoms with Gasteiger partial charge in [0.1, 0.15) is 10.9 Å². The second-order valence-electron chi connectivity index (χ2n) is 5.68. The van der Waals surface area contributed by atoms with Gasteiger partial charge in [-0.05, 0) is 48.5 Å². The summed E-state index contributed by atoms with van der Waals surface area (Å²) < 4.78 is 0. The lowest BCUT2D eigenvalue weighted by Crippen LogP contribution is -2.02. The molecule has 26 heavy (non-hydrogen) atoms. The van der Waals surface area contributed by atoms with Gasteiger partial charge in [0.2, 0.25) is 0 Å². The van der Waals surface area contributed by atoms with Crippen LogP contribution in [0.1, 0.15) is 10.4 Å². The van der Waals surface area contributed by atoms with E-state index in [1.807, 2.05) is 36.4 Å². The second kappa shape index (κ2) is 7.32. The number of para-hydroxylation sites is 2. The number of carbonyl (C=O) groups excluding carboxylic acids is 1. The molecule has 2 aromatic heterocycles. The first kappa shape index (κ1) is 16.8. The number of nitrogens with zero attached hydrogens (tertiary/aromatic N) is 2. The van der Waals surface area contributed by atoms with E-state index in [1.54, 1.807) is 30.5 Å². The number of H-pyrrole nitrogens is 1. The Kier molecular flexibility index (Phi) is 4.73. The molecule has 0 bridgehead atoms. The summed E-state index contributed by atoms with van der Waals surface area (Å²) in [7, 11) is 0. The molecule has 0 atom stereocenters. The molecule has 0 aliphatic heterocycles. The number of aromatic amines is 1. The van der Waals surface area contributed by atoms with Gasteiger partial charge in [0.15, 0.2) is 5.78 Å². The van der Waals surface area contributed by atoms with Crippen LogP contribution in [0.5, 0.6) is 0 Å². The number of aromatic nitrogens is 3. The van der Waals surface area contributed by atoms with Gasteiger partial charge in [-0.2, -0.15) is 0 Å². The third-order valence-corrected chi connectivity index (χ3v) is 5.18. The Morgan fingerprint density at radius 1 is 1.04 bits per heavy atom. The summed E-state index contributed by atoms with van der Waals surface area (Å²) in [4.78, 5) is 24.8. The van der Waals surface area contributed by atoms with Crippen molar-refractivity contribution in [3.63, 3.8) is 0 Å². The Hall–Kier alpha value is -2.63. The maximum absolute atomic E-state index is 12.4. The molecule has 2 aromatic carbocycles. The van der Waals surface area contributed by atoms with Crippen LogP contribution < -0.4 is 0 Å². The molecule has 0 fully saturated rings. The number of halogens is 1. The van der Waals surface area contributed by atoms with E-state index >= 15 is 0 Å². The second-order valence-corrected chi connectivity index (χ2v) is 7.08. The standard InChI is InChI=1S/C20H14ClN3OS/c21-14-9-7-13(8-10-14)18(25)12-26-20-15(4-3-11-22-20)19-23-16-5-1-2-6-17(16)24-19/h1-11H,12H2,(H,23,24). The first-order valence-corrected chi connectivity index (χ1v) is 9.39. The lowest BCUT2D eigenvalue weighted by molar-refractivity contribution is 0.102. The van der Waals surface area contributed by atoms with E-state index in [-0.39, 0.29) is 5.78 Å². The summed E-state index contributed by atoms with van der Waals surface area (Å²) in [6.07, 6.45) is 1.72. The third-order valence-electron chi connectivity index (χ3n) is 3.92. The van der Waals surface area contributed by atoms with Gasteiger partial charge in [-0.25, -0.2) is 9.97 Å². The van der Waals surface area contributed by atoms with E-state index in [1.165, 1.54) is 11.8 Å². The molecule has 0 unspecified atom stereocenters. The summed E-state index contributed by atoms with van der Waals surface area (Å²) in [5.74, 6) is 1.08. The molecule has 4 rings (SSSR count). The van der Waals surface area contributed by atoms with Gasteiger partial charge < -0.3 is 4.98 Å². The molecule has 4 nitrogen and oxygen atoms in total. The lowest BCUT2D eigenvalue weighted by atomic mass is 10.1. The van der Waals surface area contributed by atoms with Gasteiger partial charge in [-0.15, -0.1) is 0 Å². The highest BCUT2D eigenvalue weighted by molar-refractivity contribution is 8.00. The highest BCUT2D eigenvalue weighted by atomic mass is 35.5. The number of rotatable bonds is 5. The van der Waals surface area contributed by atoms with Crippen molar-refractivity contribution in [2.75, 3.05) is 5.75 Å². The predicted octanol–water partition coefficient (Wildman–Crippen LogP) is 5.25. The summed E-state index contributed by atoms with van der Waals surface area (Å²) in [5, 5.41) is 1.39. The van der Waals surface area contributed by atoms with Crippen LogP contribution in [0.15, 0.2) is 71.9 Å². The number of thioether (sulfide) groups is 1. The summed E-state index contributed by atoms with van der Waals surface area (Å²) in [6, 6.07) is 18.6. The molecule has 4 aromatic rings. The number of carbonyl (C=O) groups is 1. The minimum atomic E-state index is 0.0351. The van der Waals surface area contributed by atoms with E-state index in [0.717, 1.165) is 27.4 Å². The molecule has 2 heterocycles. The van der Waals surface area contributed by atoms with Crippen LogP contribution in [0.3, 0.4) is 0 Å². The maximum atomic E-state index is 12.4.